The normalized spacial score (nSPS) is 10.2. The number of aryl methyl sites for hydroxylation is 2. The van der Waals surface area contributed by atoms with Crippen molar-refractivity contribution in [1.82, 2.24) is 9.88 Å². The van der Waals surface area contributed by atoms with E-state index in [1.54, 1.807) is 26.8 Å². The summed E-state index contributed by atoms with van der Waals surface area (Å²) in [7, 11) is 0. The first-order chi connectivity index (χ1) is 8.38. The first-order valence-electron chi connectivity index (χ1n) is 5.59. The Kier molecular flexibility index (Phi) is 4.25. The van der Waals surface area contributed by atoms with Crippen LogP contribution < -0.4 is 10.9 Å². The second kappa shape index (κ2) is 5.48. The fourth-order valence-corrected chi connectivity index (χ4v) is 1.78. The van der Waals surface area contributed by atoms with Gasteiger partial charge in [-0.05, 0) is 32.4 Å². The Morgan fingerprint density at radius 1 is 1.39 bits per heavy atom. The zero-order chi connectivity index (χ0) is 13.9. The minimum atomic E-state index is -1.28. The second-order valence-electron chi connectivity index (χ2n) is 3.99. The van der Waals surface area contributed by atoms with Gasteiger partial charge in [0, 0.05) is 12.2 Å². The van der Waals surface area contributed by atoms with Crippen molar-refractivity contribution in [3.63, 3.8) is 0 Å². The number of carbonyl (C=O) groups excluding carboxylic acids is 1. The molecule has 0 radical (unpaired) electrons. The zero-order valence-electron chi connectivity index (χ0n) is 10.6. The molecule has 1 heterocycles. The summed E-state index contributed by atoms with van der Waals surface area (Å²) in [6.45, 7) is 5.29. The van der Waals surface area contributed by atoms with Gasteiger partial charge in [-0.3, -0.25) is 9.59 Å². The predicted octanol–water partition coefficient (Wildman–Crippen LogP) is 0.299. The Labute approximate surface area is 104 Å². The van der Waals surface area contributed by atoms with Crippen LogP contribution in [-0.4, -0.2) is 28.1 Å². The topological polar surface area (TPSA) is 88.4 Å². The smallest absolute Gasteiger partial charge is 0.341 e. The Hall–Kier alpha value is -2.11. The minimum Gasteiger partial charge on any atom is -0.477 e. The van der Waals surface area contributed by atoms with Gasteiger partial charge in [0.15, 0.2) is 0 Å². The number of nitrogens with zero attached hydrogens (tertiary/aromatic N) is 1. The molecule has 1 aromatic rings. The first-order valence-corrected chi connectivity index (χ1v) is 5.59. The summed E-state index contributed by atoms with van der Waals surface area (Å²) in [5.41, 5.74) is 0.0297. The lowest BCUT2D eigenvalue weighted by atomic mass is 10.1. The summed E-state index contributed by atoms with van der Waals surface area (Å²) in [5, 5.41) is 11.6. The highest BCUT2D eigenvalue weighted by molar-refractivity contribution is 5.89. The highest BCUT2D eigenvalue weighted by Gasteiger charge is 2.17. The third-order valence-corrected chi connectivity index (χ3v) is 2.59. The molecule has 0 aliphatic rings. The van der Waals surface area contributed by atoms with Gasteiger partial charge in [-0.15, -0.1) is 0 Å². The summed E-state index contributed by atoms with van der Waals surface area (Å²) in [6, 6.07) is 1.59. The van der Waals surface area contributed by atoms with E-state index in [1.165, 1.54) is 4.57 Å². The molecule has 2 N–H and O–H groups in total. The van der Waals surface area contributed by atoms with Crippen molar-refractivity contribution in [1.29, 1.82) is 0 Å². The third kappa shape index (κ3) is 2.77. The number of carboxylic acids is 1. The largest absolute Gasteiger partial charge is 0.477 e. The van der Waals surface area contributed by atoms with Crippen LogP contribution in [-0.2, 0) is 11.3 Å². The van der Waals surface area contributed by atoms with Crippen LogP contribution in [0.3, 0.4) is 0 Å². The highest BCUT2D eigenvalue weighted by Crippen LogP contribution is 2.06. The van der Waals surface area contributed by atoms with Crippen molar-refractivity contribution in [2.24, 2.45) is 0 Å². The fourth-order valence-electron chi connectivity index (χ4n) is 1.78. The summed E-state index contributed by atoms with van der Waals surface area (Å²) in [4.78, 5) is 34.5. The van der Waals surface area contributed by atoms with E-state index in [2.05, 4.69) is 5.32 Å². The molecule has 0 bridgehead atoms. The molecule has 0 unspecified atom stereocenters. The van der Waals surface area contributed by atoms with Crippen LogP contribution in [0, 0.1) is 13.8 Å². The van der Waals surface area contributed by atoms with Crippen LogP contribution in [0.5, 0.6) is 0 Å². The number of rotatable bonds is 4. The molecule has 0 saturated carbocycles. The zero-order valence-corrected chi connectivity index (χ0v) is 10.6. The fraction of sp³-hybridized carbons (Fsp3) is 0.417. The Balaban J connectivity index is 3.28. The molecule has 0 saturated heterocycles. The standard InChI is InChI=1S/C12H16N2O4/c1-4-13-9(15)6-14-8(3)5-7(2)10(11(14)16)12(17)18/h5H,4,6H2,1-3H3,(H,13,15)(H,17,18). The van der Waals surface area contributed by atoms with E-state index >= 15 is 0 Å². The van der Waals surface area contributed by atoms with Gasteiger partial charge < -0.3 is 15.0 Å². The summed E-state index contributed by atoms with van der Waals surface area (Å²) >= 11 is 0. The molecule has 98 valence electrons. The second-order valence-corrected chi connectivity index (χ2v) is 3.99. The van der Waals surface area contributed by atoms with E-state index in [9.17, 15) is 14.4 Å². The molecular weight excluding hydrogens is 236 g/mol. The lowest BCUT2D eigenvalue weighted by Gasteiger charge is -2.12. The van der Waals surface area contributed by atoms with Crippen molar-refractivity contribution in [2.75, 3.05) is 6.54 Å². The molecule has 1 aromatic heterocycles. The van der Waals surface area contributed by atoms with E-state index in [4.69, 9.17) is 5.11 Å². The Bertz CT molecular complexity index is 546. The van der Waals surface area contributed by atoms with Crippen molar-refractivity contribution in [3.05, 3.63) is 33.2 Å². The maximum Gasteiger partial charge on any atom is 0.341 e. The number of carbonyl (C=O) groups is 2. The molecule has 18 heavy (non-hydrogen) atoms. The molecule has 6 nitrogen and oxygen atoms in total. The number of aromatic carboxylic acids is 1. The molecule has 0 fully saturated rings. The third-order valence-electron chi connectivity index (χ3n) is 2.59. The van der Waals surface area contributed by atoms with E-state index in [0.29, 0.717) is 17.8 Å². The van der Waals surface area contributed by atoms with Crippen LogP contribution in [0.1, 0.15) is 28.5 Å². The van der Waals surface area contributed by atoms with E-state index in [0.717, 1.165) is 0 Å². The lowest BCUT2D eigenvalue weighted by molar-refractivity contribution is -0.121. The predicted molar refractivity (Wildman–Crippen MR) is 65.8 cm³/mol. The molecule has 0 atom stereocenters. The van der Waals surface area contributed by atoms with Gasteiger partial charge in [0.1, 0.15) is 12.1 Å². The summed E-state index contributed by atoms with van der Waals surface area (Å²) < 4.78 is 1.17. The van der Waals surface area contributed by atoms with E-state index in [-0.39, 0.29) is 18.0 Å². The first kappa shape index (κ1) is 14.0. The maximum absolute atomic E-state index is 12.0. The molecule has 1 amide bonds. The number of likely N-dealkylation sites (N-methyl/N-ethyl adjacent to an activating group) is 1. The van der Waals surface area contributed by atoms with E-state index < -0.39 is 11.5 Å². The van der Waals surface area contributed by atoms with Gasteiger partial charge in [-0.25, -0.2) is 4.79 Å². The lowest BCUT2D eigenvalue weighted by Crippen LogP contribution is -2.35. The van der Waals surface area contributed by atoms with Crippen LogP contribution in [0.2, 0.25) is 0 Å². The van der Waals surface area contributed by atoms with Gasteiger partial charge in [-0.2, -0.15) is 0 Å². The average molecular weight is 252 g/mol. The van der Waals surface area contributed by atoms with Crippen LogP contribution in [0.15, 0.2) is 10.9 Å². The van der Waals surface area contributed by atoms with Crippen molar-refractivity contribution in [3.8, 4) is 0 Å². The van der Waals surface area contributed by atoms with Crippen molar-refractivity contribution in [2.45, 2.75) is 27.3 Å². The summed E-state index contributed by atoms with van der Waals surface area (Å²) in [5.74, 6) is -1.59. The molecule has 0 aromatic carbocycles. The van der Waals surface area contributed by atoms with Gasteiger partial charge in [0.25, 0.3) is 5.56 Å². The number of hydrogen-bond donors (Lipinski definition) is 2. The van der Waals surface area contributed by atoms with Crippen molar-refractivity contribution >= 4 is 11.9 Å². The molecule has 0 aliphatic carbocycles. The summed E-state index contributed by atoms with van der Waals surface area (Å²) in [6.07, 6.45) is 0. The highest BCUT2D eigenvalue weighted by atomic mass is 16.4. The number of pyridine rings is 1. The average Bonchev–Trinajstić information content (AvgIpc) is 2.23. The number of aromatic nitrogens is 1. The van der Waals surface area contributed by atoms with Gasteiger partial charge in [-0.1, -0.05) is 0 Å². The number of carboxylic acid groups (broad SMARTS) is 1. The monoisotopic (exact) mass is 252 g/mol. The van der Waals surface area contributed by atoms with Crippen LogP contribution in [0.25, 0.3) is 0 Å². The quantitative estimate of drug-likeness (QED) is 0.806. The molecule has 6 heteroatoms. The van der Waals surface area contributed by atoms with Crippen LogP contribution in [0.4, 0.5) is 0 Å². The van der Waals surface area contributed by atoms with Crippen molar-refractivity contribution < 1.29 is 14.7 Å². The van der Waals surface area contributed by atoms with E-state index in [1.807, 2.05) is 0 Å². The molecule has 0 aliphatic heterocycles. The SMILES string of the molecule is CCNC(=O)Cn1c(C)cc(C)c(C(=O)O)c1=O. The van der Waals surface area contributed by atoms with Gasteiger partial charge in [0.2, 0.25) is 5.91 Å². The molecule has 1 rings (SSSR count). The number of amides is 1. The molecule has 0 spiro atoms. The molecular formula is C12H16N2O4. The number of hydrogen-bond acceptors (Lipinski definition) is 3. The van der Waals surface area contributed by atoms with Gasteiger partial charge in [0.05, 0.1) is 0 Å². The Morgan fingerprint density at radius 3 is 2.50 bits per heavy atom. The minimum absolute atomic E-state index is 0.168. The van der Waals surface area contributed by atoms with Gasteiger partial charge >= 0.3 is 5.97 Å². The number of nitrogens with one attached hydrogen (secondary N) is 1. The van der Waals surface area contributed by atoms with Crippen LogP contribution >= 0.6 is 0 Å². The maximum atomic E-state index is 12.0. The Morgan fingerprint density at radius 2 is 2.00 bits per heavy atom.